The van der Waals surface area contributed by atoms with Crippen LogP contribution in [-0.2, 0) is 5.60 Å². The fourth-order valence-electron chi connectivity index (χ4n) is 4.29. The van der Waals surface area contributed by atoms with Crippen LogP contribution >= 0.6 is 0 Å². The molecule has 0 saturated carbocycles. The summed E-state index contributed by atoms with van der Waals surface area (Å²) in [5.41, 5.74) is -0.267. The number of rotatable bonds is 4. The van der Waals surface area contributed by atoms with Gasteiger partial charge in [-0.05, 0) is 38.1 Å². The predicted octanol–water partition coefficient (Wildman–Crippen LogP) is 2.96. The SMILES string of the molecule is OC(c1ccc(-n2cc(-c3ccnc4nc[nH]c34)cn2)nc1)(C1CCNCC1)C(F)(F)F. The van der Waals surface area contributed by atoms with Crippen LogP contribution in [0.5, 0.6) is 0 Å². The minimum absolute atomic E-state index is 0.230. The van der Waals surface area contributed by atoms with Crippen molar-refractivity contribution in [3.05, 3.63) is 54.9 Å². The van der Waals surface area contributed by atoms with E-state index in [1.807, 2.05) is 6.07 Å². The molecule has 0 spiro atoms. The van der Waals surface area contributed by atoms with Crippen molar-refractivity contribution in [2.75, 3.05) is 13.1 Å². The third-order valence-corrected chi connectivity index (χ3v) is 6.01. The summed E-state index contributed by atoms with van der Waals surface area (Å²) < 4.78 is 43.4. The molecular weight excluding hydrogens is 423 g/mol. The van der Waals surface area contributed by atoms with E-state index in [0.29, 0.717) is 24.6 Å². The fraction of sp³-hybridized carbons (Fsp3) is 0.333. The van der Waals surface area contributed by atoms with Crippen LogP contribution in [-0.4, -0.2) is 54.1 Å². The lowest BCUT2D eigenvalue weighted by molar-refractivity contribution is -0.289. The van der Waals surface area contributed by atoms with Gasteiger partial charge in [-0.1, -0.05) is 6.07 Å². The Balaban J connectivity index is 1.47. The van der Waals surface area contributed by atoms with Crippen molar-refractivity contribution in [1.82, 2.24) is 35.0 Å². The summed E-state index contributed by atoms with van der Waals surface area (Å²) in [5.74, 6) is -0.596. The molecule has 3 N–H and O–H groups in total. The van der Waals surface area contributed by atoms with Crippen LogP contribution in [0.25, 0.3) is 28.1 Å². The van der Waals surface area contributed by atoms with Crippen molar-refractivity contribution in [2.24, 2.45) is 5.92 Å². The minimum atomic E-state index is -4.81. The van der Waals surface area contributed by atoms with Gasteiger partial charge in [-0.2, -0.15) is 18.3 Å². The average molecular weight is 443 g/mol. The maximum Gasteiger partial charge on any atom is 0.421 e. The van der Waals surface area contributed by atoms with Gasteiger partial charge in [0.2, 0.25) is 0 Å². The number of halogens is 3. The van der Waals surface area contributed by atoms with Crippen molar-refractivity contribution >= 4 is 11.2 Å². The van der Waals surface area contributed by atoms with Crippen LogP contribution in [0.3, 0.4) is 0 Å². The third-order valence-electron chi connectivity index (χ3n) is 6.01. The second-order valence-electron chi connectivity index (χ2n) is 7.83. The first-order chi connectivity index (χ1) is 15.4. The van der Waals surface area contributed by atoms with Gasteiger partial charge in [0.15, 0.2) is 17.1 Å². The van der Waals surface area contributed by atoms with E-state index in [4.69, 9.17) is 0 Å². The molecule has 166 valence electrons. The molecule has 0 aliphatic carbocycles. The molecule has 0 bridgehead atoms. The molecule has 1 fully saturated rings. The van der Waals surface area contributed by atoms with Gasteiger partial charge < -0.3 is 15.4 Å². The molecule has 1 atom stereocenters. The molecule has 11 heteroatoms. The van der Waals surface area contributed by atoms with Crippen molar-refractivity contribution in [1.29, 1.82) is 0 Å². The van der Waals surface area contributed by atoms with Gasteiger partial charge in [-0.25, -0.2) is 19.6 Å². The molecule has 0 aromatic carbocycles. The van der Waals surface area contributed by atoms with Gasteiger partial charge in [0.1, 0.15) is 0 Å². The van der Waals surface area contributed by atoms with Crippen LogP contribution in [0.4, 0.5) is 13.2 Å². The lowest BCUT2D eigenvalue weighted by atomic mass is 9.76. The summed E-state index contributed by atoms with van der Waals surface area (Å²) in [6, 6.07) is 4.53. The van der Waals surface area contributed by atoms with Crippen LogP contribution in [0.1, 0.15) is 18.4 Å². The maximum absolute atomic E-state index is 14.0. The number of fused-ring (bicyclic) bond motifs is 1. The zero-order valence-electron chi connectivity index (χ0n) is 16.8. The van der Waals surface area contributed by atoms with E-state index in [-0.39, 0.29) is 18.4 Å². The number of aromatic amines is 1. The summed E-state index contributed by atoms with van der Waals surface area (Å²) in [7, 11) is 0. The first kappa shape index (κ1) is 20.6. The predicted molar refractivity (Wildman–Crippen MR) is 110 cm³/mol. The number of imidazole rings is 1. The topological polar surface area (TPSA) is 105 Å². The van der Waals surface area contributed by atoms with E-state index in [0.717, 1.165) is 22.8 Å². The number of H-pyrrole nitrogens is 1. The van der Waals surface area contributed by atoms with Crippen LogP contribution in [0.15, 0.2) is 49.3 Å². The van der Waals surface area contributed by atoms with Gasteiger partial charge in [0.25, 0.3) is 0 Å². The molecule has 4 aromatic rings. The molecule has 4 aromatic heterocycles. The highest BCUT2D eigenvalue weighted by atomic mass is 19.4. The number of aromatic nitrogens is 6. The molecule has 5 rings (SSSR count). The number of hydrogen-bond acceptors (Lipinski definition) is 6. The van der Waals surface area contributed by atoms with Crippen molar-refractivity contribution in [3.8, 4) is 16.9 Å². The Kier molecular flexibility index (Phi) is 4.94. The monoisotopic (exact) mass is 443 g/mol. The van der Waals surface area contributed by atoms with E-state index in [9.17, 15) is 18.3 Å². The normalized spacial score (nSPS) is 17.5. The largest absolute Gasteiger partial charge is 0.421 e. The van der Waals surface area contributed by atoms with Gasteiger partial charge in [-0.3, -0.25) is 0 Å². The zero-order valence-corrected chi connectivity index (χ0v) is 16.8. The van der Waals surface area contributed by atoms with E-state index in [1.54, 1.807) is 24.9 Å². The molecule has 1 unspecified atom stereocenters. The Morgan fingerprint density at radius 2 is 1.84 bits per heavy atom. The maximum atomic E-state index is 14.0. The number of piperidine rings is 1. The van der Waals surface area contributed by atoms with Crippen LogP contribution < -0.4 is 5.32 Å². The Bertz CT molecular complexity index is 1230. The molecule has 32 heavy (non-hydrogen) atoms. The number of nitrogens with zero attached hydrogens (tertiary/aromatic N) is 5. The second-order valence-corrected chi connectivity index (χ2v) is 7.83. The summed E-state index contributed by atoms with van der Waals surface area (Å²) in [5, 5.41) is 18.1. The lowest BCUT2D eigenvalue weighted by Crippen LogP contribution is -2.51. The first-order valence-electron chi connectivity index (χ1n) is 10.2. The van der Waals surface area contributed by atoms with Gasteiger partial charge in [0, 0.05) is 41.2 Å². The van der Waals surface area contributed by atoms with Gasteiger partial charge in [0.05, 0.1) is 18.0 Å². The average Bonchev–Trinajstić information content (AvgIpc) is 3.48. The highest BCUT2D eigenvalue weighted by molar-refractivity contribution is 5.88. The van der Waals surface area contributed by atoms with Crippen LogP contribution in [0.2, 0.25) is 0 Å². The summed E-state index contributed by atoms with van der Waals surface area (Å²) in [4.78, 5) is 15.5. The number of pyridine rings is 2. The quantitative estimate of drug-likeness (QED) is 0.448. The highest BCUT2D eigenvalue weighted by Crippen LogP contribution is 2.47. The van der Waals surface area contributed by atoms with Gasteiger partial charge in [-0.15, -0.1) is 0 Å². The van der Waals surface area contributed by atoms with Gasteiger partial charge >= 0.3 is 6.18 Å². The van der Waals surface area contributed by atoms with E-state index >= 15 is 0 Å². The third kappa shape index (κ3) is 3.33. The van der Waals surface area contributed by atoms with Crippen molar-refractivity contribution in [2.45, 2.75) is 24.6 Å². The summed E-state index contributed by atoms with van der Waals surface area (Å²) in [6.45, 7) is 0.868. The smallest absolute Gasteiger partial charge is 0.376 e. The Morgan fingerprint density at radius 1 is 1.03 bits per heavy atom. The standard InChI is InChI=1S/C21H20F3N7O/c22-21(23,24)20(32,14-3-6-25-7-4-14)15-1-2-17(27-10-15)31-11-13(9-30-31)16-5-8-26-19-18(16)28-12-29-19/h1-2,5,8-12,14,25,32H,3-4,6-7H2,(H,26,28,29). The minimum Gasteiger partial charge on any atom is -0.376 e. The molecule has 8 nitrogen and oxygen atoms in total. The van der Waals surface area contributed by atoms with Crippen LogP contribution in [0, 0.1) is 5.92 Å². The van der Waals surface area contributed by atoms with Crippen molar-refractivity contribution in [3.63, 3.8) is 0 Å². The van der Waals surface area contributed by atoms with Crippen molar-refractivity contribution < 1.29 is 18.3 Å². The molecular formula is C21H20F3N7O. The highest BCUT2D eigenvalue weighted by Gasteiger charge is 2.59. The second kappa shape index (κ2) is 7.68. The summed E-state index contributed by atoms with van der Waals surface area (Å²) >= 11 is 0. The molecule has 1 aliphatic rings. The fourth-order valence-corrected chi connectivity index (χ4v) is 4.29. The molecule has 5 heterocycles. The van der Waals surface area contributed by atoms with E-state index in [1.165, 1.54) is 16.8 Å². The number of alkyl halides is 3. The zero-order chi connectivity index (χ0) is 22.3. The number of nitrogens with one attached hydrogen (secondary N) is 2. The first-order valence-corrected chi connectivity index (χ1v) is 10.2. The molecule has 0 amide bonds. The Hall–Kier alpha value is -3.31. The number of hydrogen-bond donors (Lipinski definition) is 3. The summed E-state index contributed by atoms with van der Waals surface area (Å²) in [6.07, 6.45) is 3.28. The van der Waals surface area contributed by atoms with E-state index in [2.05, 4.69) is 30.4 Å². The number of aliphatic hydroxyl groups is 1. The molecule has 1 saturated heterocycles. The Labute approximate surface area is 180 Å². The van der Waals surface area contributed by atoms with E-state index < -0.39 is 17.7 Å². The molecule has 1 aliphatic heterocycles. The Morgan fingerprint density at radius 3 is 2.56 bits per heavy atom. The lowest BCUT2D eigenvalue weighted by Gasteiger charge is -2.40. The molecule has 0 radical (unpaired) electrons.